The van der Waals surface area contributed by atoms with Crippen LogP contribution in [0.5, 0.6) is 0 Å². The maximum Gasteiger partial charge on any atom is 0.410 e. The molecule has 0 unspecified atom stereocenters. The van der Waals surface area contributed by atoms with Crippen molar-refractivity contribution in [2.45, 2.75) is 96.1 Å². The van der Waals surface area contributed by atoms with Gasteiger partial charge in [0.2, 0.25) is 0 Å². The van der Waals surface area contributed by atoms with Crippen LogP contribution < -0.4 is 10.4 Å². The molecule has 0 aliphatic carbocycles. The second kappa shape index (κ2) is 12.9. The zero-order chi connectivity index (χ0) is 29.7. The van der Waals surface area contributed by atoms with Crippen molar-refractivity contribution >= 4 is 24.8 Å². The summed E-state index contributed by atoms with van der Waals surface area (Å²) in [4.78, 5) is 15.7. The molecule has 3 atom stereocenters. The topological polar surface area (TPSA) is 59.0 Å². The van der Waals surface area contributed by atoms with E-state index < -0.39 is 20.0 Å². The summed E-state index contributed by atoms with van der Waals surface area (Å²) in [5, 5.41) is 13.4. The van der Waals surface area contributed by atoms with Gasteiger partial charge in [-0.3, -0.25) is 4.90 Å². The summed E-state index contributed by atoms with van der Waals surface area (Å²) in [6, 6.07) is 30.6. The molecule has 1 aliphatic heterocycles. The maximum absolute atomic E-state index is 13.8. The number of piperidine rings is 1. The monoisotopic (exact) mass is 573 g/mol. The molecule has 220 valence electrons. The number of rotatable bonds is 8. The number of nitrogens with zero attached hydrogens (tertiary/aromatic N) is 1. The number of hydrogen-bond donors (Lipinski definition) is 1. The Morgan fingerprint density at radius 3 is 1.80 bits per heavy atom. The molecule has 0 aromatic heterocycles. The van der Waals surface area contributed by atoms with E-state index in [4.69, 9.17) is 9.16 Å². The minimum atomic E-state index is -2.78. The Morgan fingerprint density at radius 2 is 1.32 bits per heavy atom. The number of aliphatic hydroxyl groups is 1. The first-order valence-corrected chi connectivity index (χ1v) is 16.8. The van der Waals surface area contributed by atoms with E-state index in [-0.39, 0.29) is 23.2 Å². The van der Waals surface area contributed by atoms with E-state index >= 15 is 0 Å². The predicted molar refractivity (Wildman–Crippen MR) is 169 cm³/mol. The fourth-order valence-electron chi connectivity index (χ4n) is 6.23. The Bertz CT molecular complexity index is 1200. The van der Waals surface area contributed by atoms with Crippen LogP contribution in [0.1, 0.15) is 78.9 Å². The number of aliphatic hydroxyl groups excluding tert-OH is 1. The molecule has 1 fully saturated rings. The summed E-state index contributed by atoms with van der Waals surface area (Å²) in [5.74, 6) is 0. The number of carbonyl (C=O) groups is 1. The van der Waals surface area contributed by atoms with Crippen molar-refractivity contribution < 1.29 is 19.1 Å². The van der Waals surface area contributed by atoms with E-state index in [9.17, 15) is 9.90 Å². The lowest BCUT2D eigenvalue weighted by molar-refractivity contribution is -0.0223. The molecule has 0 saturated carbocycles. The second-order valence-corrected chi connectivity index (χ2v) is 17.6. The lowest BCUT2D eigenvalue weighted by Gasteiger charge is -2.47. The molecule has 5 nitrogen and oxygen atoms in total. The number of benzene rings is 3. The summed E-state index contributed by atoms with van der Waals surface area (Å²) >= 11 is 0. The highest BCUT2D eigenvalue weighted by molar-refractivity contribution is 6.99. The molecule has 0 bridgehead atoms. The van der Waals surface area contributed by atoms with Gasteiger partial charge in [-0.05, 0) is 67.4 Å². The van der Waals surface area contributed by atoms with Crippen LogP contribution in [0.4, 0.5) is 4.79 Å². The van der Waals surface area contributed by atoms with Crippen LogP contribution in [0.3, 0.4) is 0 Å². The molecule has 1 N–H and O–H groups in total. The average molecular weight is 574 g/mol. The van der Waals surface area contributed by atoms with Gasteiger partial charge in [-0.1, -0.05) is 112 Å². The van der Waals surface area contributed by atoms with E-state index in [2.05, 4.69) is 69.3 Å². The molecule has 4 rings (SSSR count). The van der Waals surface area contributed by atoms with Gasteiger partial charge >= 0.3 is 6.09 Å². The molecular weight excluding hydrogens is 526 g/mol. The van der Waals surface area contributed by atoms with Crippen molar-refractivity contribution in [2.24, 2.45) is 0 Å². The van der Waals surface area contributed by atoms with Crippen molar-refractivity contribution in [3.05, 3.63) is 96.6 Å². The summed E-state index contributed by atoms with van der Waals surface area (Å²) in [6.07, 6.45) is 2.06. The second-order valence-electron chi connectivity index (χ2n) is 13.3. The van der Waals surface area contributed by atoms with Gasteiger partial charge in [0.15, 0.2) is 0 Å². The molecule has 41 heavy (non-hydrogen) atoms. The Hall–Kier alpha value is -2.93. The van der Waals surface area contributed by atoms with E-state index in [0.29, 0.717) is 13.0 Å². The van der Waals surface area contributed by atoms with Crippen LogP contribution in [0.2, 0.25) is 5.04 Å². The molecular formula is C35H47NO4Si. The van der Waals surface area contributed by atoms with Gasteiger partial charge < -0.3 is 14.3 Å². The van der Waals surface area contributed by atoms with Crippen LogP contribution >= 0.6 is 0 Å². The van der Waals surface area contributed by atoms with Crippen LogP contribution in [-0.4, -0.2) is 48.7 Å². The average Bonchev–Trinajstić information content (AvgIpc) is 2.93. The molecule has 1 amide bonds. The zero-order valence-electron chi connectivity index (χ0n) is 25.5. The third kappa shape index (κ3) is 7.29. The van der Waals surface area contributed by atoms with Crippen molar-refractivity contribution in [1.82, 2.24) is 4.90 Å². The third-order valence-corrected chi connectivity index (χ3v) is 13.1. The summed E-state index contributed by atoms with van der Waals surface area (Å²) in [7, 11) is -2.78. The van der Waals surface area contributed by atoms with Crippen molar-refractivity contribution in [3.8, 4) is 0 Å². The van der Waals surface area contributed by atoms with E-state index in [0.717, 1.165) is 24.8 Å². The summed E-state index contributed by atoms with van der Waals surface area (Å²) in [5.41, 5.74) is 0.239. The largest absolute Gasteiger partial charge is 0.444 e. The van der Waals surface area contributed by atoms with Crippen molar-refractivity contribution in [2.75, 3.05) is 6.61 Å². The van der Waals surface area contributed by atoms with Gasteiger partial charge in [0.1, 0.15) is 5.60 Å². The first-order valence-electron chi connectivity index (χ1n) is 14.9. The molecule has 6 heteroatoms. The number of likely N-dealkylation sites (tertiary alicyclic amines) is 1. The van der Waals surface area contributed by atoms with Crippen LogP contribution in [0.25, 0.3) is 0 Å². The molecule has 3 aromatic carbocycles. The number of hydrogen-bond acceptors (Lipinski definition) is 4. The normalized spacial score (nSPS) is 19.0. The van der Waals surface area contributed by atoms with Crippen LogP contribution in [-0.2, 0) is 9.16 Å². The molecule has 1 aliphatic rings. The summed E-state index contributed by atoms with van der Waals surface area (Å²) in [6.45, 7) is 12.9. The molecule has 1 saturated heterocycles. The minimum Gasteiger partial charge on any atom is -0.444 e. The smallest absolute Gasteiger partial charge is 0.410 e. The first-order chi connectivity index (χ1) is 19.4. The quantitative estimate of drug-likeness (QED) is 0.300. The maximum atomic E-state index is 13.8. The van der Waals surface area contributed by atoms with Gasteiger partial charge in [-0.2, -0.15) is 0 Å². The van der Waals surface area contributed by atoms with E-state index in [1.54, 1.807) is 0 Å². The lowest BCUT2D eigenvalue weighted by atomic mass is 9.91. The molecule has 1 heterocycles. The van der Waals surface area contributed by atoms with Crippen LogP contribution in [0.15, 0.2) is 91.0 Å². The predicted octanol–water partition coefficient (Wildman–Crippen LogP) is 6.84. The number of amides is 1. The fourth-order valence-corrected chi connectivity index (χ4v) is 10.8. The van der Waals surface area contributed by atoms with Crippen molar-refractivity contribution in [1.29, 1.82) is 0 Å². The number of ether oxygens (including phenoxy) is 1. The number of carbonyl (C=O) groups excluding carboxylic acids is 1. The Labute approximate surface area is 247 Å². The standard InChI is InChI=1S/C35H47NO4Si/c1-34(2,3)40-33(38)36-28(25-32(37)27-17-10-7-11-18-27)19-16-20-29(36)26-39-41(35(4,5)6,30-21-12-8-13-22-30)31-23-14-9-15-24-31/h7-15,17-18,21-24,28-29,32,37H,16,19-20,25-26H2,1-6H3/t28-,29+,32+/m0/s1. The SMILES string of the molecule is CC(C)(C)OC(=O)N1[C@@H](CO[Si](c2ccccc2)(c2ccccc2)C(C)(C)C)CCC[C@H]1C[C@@H](O)c1ccccc1. The Balaban J connectivity index is 1.69. The first kappa shape index (κ1) is 31.0. The van der Waals surface area contributed by atoms with Gasteiger partial charge in [0.05, 0.1) is 18.8 Å². The fraction of sp³-hybridized carbons (Fsp3) is 0.457. The molecule has 0 radical (unpaired) electrons. The molecule has 3 aromatic rings. The van der Waals surface area contributed by atoms with Crippen molar-refractivity contribution in [3.63, 3.8) is 0 Å². The zero-order valence-corrected chi connectivity index (χ0v) is 26.5. The highest BCUT2D eigenvalue weighted by Crippen LogP contribution is 2.38. The van der Waals surface area contributed by atoms with Crippen LogP contribution in [0, 0.1) is 0 Å². The van der Waals surface area contributed by atoms with Gasteiger partial charge in [-0.25, -0.2) is 4.79 Å². The highest BCUT2D eigenvalue weighted by Gasteiger charge is 2.51. The summed E-state index contributed by atoms with van der Waals surface area (Å²) < 4.78 is 13.2. The van der Waals surface area contributed by atoms with Gasteiger partial charge in [0, 0.05) is 6.04 Å². The lowest BCUT2D eigenvalue weighted by Crippen LogP contribution is -2.67. The Morgan fingerprint density at radius 1 is 0.829 bits per heavy atom. The highest BCUT2D eigenvalue weighted by atomic mass is 28.4. The molecule has 0 spiro atoms. The van der Waals surface area contributed by atoms with E-state index in [1.165, 1.54) is 10.4 Å². The van der Waals surface area contributed by atoms with Gasteiger partial charge in [-0.15, -0.1) is 0 Å². The van der Waals surface area contributed by atoms with E-state index in [1.807, 2.05) is 68.1 Å². The Kier molecular flexibility index (Phi) is 9.78. The minimum absolute atomic E-state index is 0.151. The third-order valence-electron chi connectivity index (χ3n) is 8.05. The van der Waals surface area contributed by atoms with Gasteiger partial charge in [0.25, 0.3) is 8.32 Å².